The Bertz CT molecular complexity index is 793. The molecule has 7 heteroatoms. The van der Waals surface area contributed by atoms with Crippen molar-refractivity contribution >= 4 is 17.7 Å². The van der Waals surface area contributed by atoms with E-state index >= 15 is 0 Å². The summed E-state index contributed by atoms with van der Waals surface area (Å²) in [5.41, 5.74) is 0.294. The van der Waals surface area contributed by atoms with Gasteiger partial charge in [0.15, 0.2) is 0 Å². The van der Waals surface area contributed by atoms with Crippen molar-refractivity contribution < 1.29 is 9.90 Å². The van der Waals surface area contributed by atoms with E-state index in [1.807, 2.05) is 13.8 Å². The van der Waals surface area contributed by atoms with Crippen molar-refractivity contribution in [3.63, 3.8) is 0 Å². The fraction of sp³-hybridized carbons (Fsp3) is 0.700. The second kappa shape index (κ2) is 7.51. The quantitative estimate of drug-likeness (QED) is 0.806. The molecule has 2 fully saturated rings. The Morgan fingerprint density at radius 1 is 1.26 bits per heavy atom. The Kier molecular flexibility index (Phi) is 5.25. The maximum absolute atomic E-state index is 13.0. The summed E-state index contributed by atoms with van der Waals surface area (Å²) in [7, 11) is 0. The number of carbonyl (C=O) groups excluding carboxylic acids is 1. The van der Waals surface area contributed by atoms with Crippen LogP contribution in [0, 0.1) is 5.92 Å². The van der Waals surface area contributed by atoms with Crippen LogP contribution < -0.4 is 10.9 Å². The molecule has 0 bridgehead atoms. The molecule has 0 unspecified atom stereocenters. The van der Waals surface area contributed by atoms with Crippen LogP contribution in [0.3, 0.4) is 0 Å². The Balaban J connectivity index is 1.50. The number of aromatic hydroxyl groups is 1. The average molecular weight is 392 g/mol. The smallest absolute Gasteiger partial charge is 0.268 e. The second-order valence-electron chi connectivity index (χ2n) is 8.37. The van der Waals surface area contributed by atoms with E-state index in [1.165, 1.54) is 19.4 Å². The predicted octanol–water partition coefficient (Wildman–Crippen LogP) is 2.39. The van der Waals surface area contributed by atoms with E-state index in [0.717, 1.165) is 48.2 Å². The molecule has 0 radical (unpaired) electrons. The van der Waals surface area contributed by atoms with Gasteiger partial charge in [-0.3, -0.25) is 14.2 Å². The van der Waals surface area contributed by atoms with Crippen LogP contribution in [-0.4, -0.2) is 51.9 Å². The zero-order valence-electron chi connectivity index (χ0n) is 16.2. The molecule has 27 heavy (non-hydrogen) atoms. The molecule has 1 saturated heterocycles. The lowest BCUT2D eigenvalue weighted by Crippen LogP contribution is -2.46. The molecule has 3 heterocycles. The molecule has 2 aliphatic heterocycles. The first kappa shape index (κ1) is 18.9. The third kappa shape index (κ3) is 3.76. The summed E-state index contributed by atoms with van der Waals surface area (Å²) in [6.07, 6.45) is 5.21. The van der Waals surface area contributed by atoms with E-state index in [4.69, 9.17) is 0 Å². The minimum atomic E-state index is -0.424. The van der Waals surface area contributed by atoms with Crippen molar-refractivity contribution in [2.45, 2.75) is 63.1 Å². The normalized spacial score (nSPS) is 20.9. The summed E-state index contributed by atoms with van der Waals surface area (Å²) >= 11 is 1.58. The number of piperidine rings is 1. The standard InChI is InChI=1S/C20H29N3O3S/c1-12(2)23-19(26)16(17(24)15-7-10-27-20(15)23)18(25)21-14-5-8-22(9-6-14)11-13-3-4-13/h12-14,24H,3-11H2,1-2H3,(H,21,25). The number of hydrogen-bond donors (Lipinski definition) is 2. The first-order chi connectivity index (χ1) is 13.0. The number of fused-ring (bicyclic) bond motifs is 1. The van der Waals surface area contributed by atoms with Crippen LogP contribution in [0.1, 0.15) is 61.5 Å². The lowest BCUT2D eigenvalue weighted by Gasteiger charge is -2.32. The number of amides is 1. The summed E-state index contributed by atoms with van der Waals surface area (Å²) in [6, 6.07) is 0.0246. The summed E-state index contributed by atoms with van der Waals surface area (Å²) in [6.45, 7) is 7.04. The Morgan fingerprint density at radius 3 is 2.59 bits per heavy atom. The number of nitrogens with zero attached hydrogens (tertiary/aromatic N) is 2. The maximum atomic E-state index is 13.0. The average Bonchev–Trinajstić information content (AvgIpc) is 3.29. The third-order valence-corrected chi connectivity index (χ3v) is 7.03. The van der Waals surface area contributed by atoms with Gasteiger partial charge < -0.3 is 15.3 Å². The minimum absolute atomic E-state index is 0.0466. The van der Waals surface area contributed by atoms with Gasteiger partial charge in [0.2, 0.25) is 0 Å². The van der Waals surface area contributed by atoms with Gasteiger partial charge in [0.05, 0.1) is 5.03 Å². The third-order valence-electron chi connectivity index (χ3n) is 5.90. The molecule has 1 amide bonds. The summed E-state index contributed by atoms with van der Waals surface area (Å²) in [5.74, 6) is 1.18. The number of carbonyl (C=O) groups is 1. The highest BCUT2D eigenvalue weighted by Gasteiger charge is 2.32. The SMILES string of the molecule is CC(C)n1c2c(c(O)c(C(=O)NC3CCN(CC4CC4)CC3)c1=O)CCS2. The van der Waals surface area contributed by atoms with E-state index in [0.29, 0.717) is 6.42 Å². The van der Waals surface area contributed by atoms with Gasteiger partial charge in [0.25, 0.3) is 11.5 Å². The lowest BCUT2D eigenvalue weighted by atomic mass is 10.0. The van der Waals surface area contributed by atoms with E-state index in [9.17, 15) is 14.7 Å². The van der Waals surface area contributed by atoms with Crippen LogP contribution in [-0.2, 0) is 6.42 Å². The highest BCUT2D eigenvalue weighted by molar-refractivity contribution is 7.99. The van der Waals surface area contributed by atoms with Gasteiger partial charge in [-0.15, -0.1) is 11.8 Å². The zero-order chi connectivity index (χ0) is 19.1. The van der Waals surface area contributed by atoms with Gasteiger partial charge in [-0.25, -0.2) is 0 Å². The van der Waals surface area contributed by atoms with E-state index in [1.54, 1.807) is 16.3 Å². The number of pyridine rings is 1. The Hall–Kier alpha value is -1.47. The fourth-order valence-corrected chi connectivity index (χ4v) is 5.51. The number of hydrogen-bond acceptors (Lipinski definition) is 5. The largest absolute Gasteiger partial charge is 0.507 e. The highest BCUT2D eigenvalue weighted by atomic mass is 32.2. The van der Waals surface area contributed by atoms with Gasteiger partial charge in [0.1, 0.15) is 11.3 Å². The summed E-state index contributed by atoms with van der Waals surface area (Å²) < 4.78 is 1.67. The van der Waals surface area contributed by atoms with Crippen LogP contribution in [0.5, 0.6) is 5.75 Å². The number of aromatic nitrogens is 1. The molecule has 1 aromatic heterocycles. The minimum Gasteiger partial charge on any atom is -0.507 e. The lowest BCUT2D eigenvalue weighted by molar-refractivity contribution is 0.0904. The molecular formula is C20H29N3O3S. The predicted molar refractivity (Wildman–Crippen MR) is 107 cm³/mol. The van der Waals surface area contributed by atoms with Crippen molar-refractivity contribution in [1.29, 1.82) is 0 Å². The summed E-state index contributed by atoms with van der Waals surface area (Å²) in [5, 5.41) is 14.5. The first-order valence-corrected chi connectivity index (χ1v) is 11.1. The van der Waals surface area contributed by atoms with Crippen molar-refractivity contribution in [1.82, 2.24) is 14.8 Å². The van der Waals surface area contributed by atoms with Gasteiger partial charge in [-0.2, -0.15) is 0 Å². The number of nitrogens with one attached hydrogen (secondary N) is 1. The number of likely N-dealkylation sites (tertiary alicyclic amines) is 1. The Morgan fingerprint density at radius 2 is 1.96 bits per heavy atom. The Labute approximate surface area is 164 Å². The van der Waals surface area contributed by atoms with Gasteiger partial charge in [-0.05, 0) is 51.9 Å². The van der Waals surface area contributed by atoms with E-state index in [-0.39, 0.29) is 29.0 Å². The van der Waals surface area contributed by atoms with Crippen molar-refractivity contribution in [2.75, 3.05) is 25.4 Å². The number of rotatable bonds is 5. The fourth-order valence-electron chi connectivity index (χ4n) is 4.20. The second-order valence-corrected chi connectivity index (χ2v) is 9.45. The van der Waals surface area contributed by atoms with Gasteiger partial charge in [-0.1, -0.05) is 0 Å². The molecule has 0 aromatic carbocycles. The van der Waals surface area contributed by atoms with E-state index in [2.05, 4.69) is 10.2 Å². The van der Waals surface area contributed by atoms with Gasteiger partial charge in [0, 0.05) is 43.0 Å². The van der Waals surface area contributed by atoms with Crippen LogP contribution in [0.15, 0.2) is 9.82 Å². The van der Waals surface area contributed by atoms with Crippen molar-refractivity contribution in [3.8, 4) is 5.75 Å². The molecule has 148 valence electrons. The van der Waals surface area contributed by atoms with Crippen LogP contribution in [0.2, 0.25) is 0 Å². The molecule has 6 nitrogen and oxygen atoms in total. The maximum Gasteiger partial charge on any atom is 0.268 e. The van der Waals surface area contributed by atoms with Crippen LogP contribution >= 0.6 is 11.8 Å². The molecule has 2 N–H and O–H groups in total. The molecule has 1 aromatic rings. The molecule has 1 saturated carbocycles. The zero-order valence-corrected chi connectivity index (χ0v) is 17.0. The van der Waals surface area contributed by atoms with Crippen LogP contribution in [0.25, 0.3) is 0 Å². The molecule has 0 atom stereocenters. The monoisotopic (exact) mass is 391 g/mol. The van der Waals surface area contributed by atoms with Crippen molar-refractivity contribution in [2.24, 2.45) is 5.92 Å². The van der Waals surface area contributed by atoms with Crippen LogP contribution in [0.4, 0.5) is 0 Å². The highest BCUT2D eigenvalue weighted by Crippen LogP contribution is 2.38. The molecule has 1 aliphatic carbocycles. The molecule has 3 aliphatic rings. The molecule has 0 spiro atoms. The summed E-state index contributed by atoms with van der Waals surface area (Å²) in [4.78, 5) is 28.4. The first-order valence-electron chi connectivity index (χ1n) is 10.1. The van der Waals surface area contributed by atoms with Gasteiger partial charge >= 0.3 is 0 Å². The number of thioether (sulfide) groups is 1. The molecule has 4 rings (SSSR count). The van der Waals surface area contributed by atoms with Crippen molar-refractivity contribution in [3.05, 3.63) is 21.5 Å². The topological polar surface area (TPSA) is 74.6 Å². The van der Waals surface area contributed by atoms with E-state index < -0.39 is 5.91 Å². The molecular weight excluding hydrogens is 362 g/mol.